The van der Waals surface area contributed by atoms with Crippen molar-refractivity contribution in [3.8, 4) is 11.5 Å². The van der Waals surface area contributed by atoms with E-state index in [1.54, 1.807) is 7.11 Å². The maximum atomic E-state index is 5.79. The summed E-state index contributed by atoms with van der Waals surface area (Å²) >= 11 is 0. The predicted octanol–water partition coefficient (Wildman–Crippen LogP) is 3.77. The van der Waals surface area contributed by atoms with Crippen LogP contribution in [0.5, 0.6) is 11.5 Å². The van der Waals surface area contributed by atoms with Crippen molar-refractivity contribution in [1.29, 1.82) is 0 Å². The van der Waals surface area contributed by atoms with Gasteiger partial charge in [-0.25, -0.2) is 4.98 Å². The first-order chi connectivity index (χ1) is 10.2. The van der Waals surface area contributed by atoms with Crippen LogP contribution in [0.1, 0.15) is 17.0 Å². The van der Waals surface area contributed by atoms with Crippen LogP contribution in [0.25, 0.3) is 11.0 Å². The molecule has 0 radical (unpaired) electrons. The minimum atomic E-state index is 0.416. The molecule has 0 atom stereocenters. The number of nitrogens with zero attached hydrogens (tertiary/aromatic N) is 1. The predicted molar refractivity (Wildman–Crippen MR) is 82.9 cm³/mol. The first kappa shape index (κ1) is 13.5. The smallest absolute Gasteiger partial charge is 0.146 e. The van der Waals surface area contributed by atoms with Gasteiger partial charge >= 0.3 is 0 Å². The fraction of sp³-hybridized carbons (Fsp3) is 0.235. The Bertz CT molecular complexity index is 778. The van der Waals surface area contributed by atoms with Gasteiger partial charge in [0.2, 0.25) is 0 Å². The summed E-state index contributed by atoms with van der Waals surface area (Å²) in [4.78, 5) is 7.76. The highest BCUT2D eigenvalue weighted by Crippen LogP contribution is 2.20. The van der Waals surface area contributed by atoms with Crippen LogP contribution in [0.2, 0.25) is 0 Å². The maximum absolute atomic E-state index is 5.79. The van der Waals surface area contributed by atoms with Crippen LogP contribution in [0.3, 0.4) is 0 Å². The molecule has 4 nitrogen and oxygen atoms in total. The van der Waals surface area contributed by atoms with E-state index in [-0.39, 0.29) is 0 Å². The lowest BCUT2D eigenvalue weighted by atomic mass is 10.1. The molecule has 0 unspecified atom stereocenters. The lowest BCUT2D eigenvalue weighted by Gasteiger charge is -2.06. The zero-order valence-corrected chi connectivity index (χ0v) is 12.4. The molecule has 4 heteroatoms. The average Bonchev–Trinajstić information content (AvgIpc) is 2.90. The SMILES string of the molecule is COc1ccc2nc(COc3ccc(C)c(C)c3)[nH]c2c1. The van der Waals surface area contributed by atoms with E-state index < -0.39 is 0 Å². The zero-order valence-electron chi connectivity index (χ0n) is 12.4. The molecule has 3 aromatic rings. The Morgan fingerprint density at radius 2 is 1.81 bits per heavy atom. The number of benzene rings is 2. The van der Waals surface area contributed by atoms with E-state index in [4.69, 9.17) is 9.47 Å². The number of fused-ring (bicyclic) bond motifs is 1. The van der Waals surface area contributed by atoms with Crippen LogP contribution in [0.15, 0.2) is 36.4 Å². The number of imidazole rings is 1. The zero-order chi connectivity index (χ0) is 14.8. The van der Waals surface area contributed by atoms with Gasteiger partial charge in [0, 0.05) is 6.07 Å². The van der Waals surface area contributed by atoms with Gasteiger partial charge in [0.1, 0.15) is 23.9 Å². The summed E-state index contributed by atoms with van der Waals surface area (Å²) in [6, 6.07) is 11.9. The van der Waals surface area contributed by atoms with Crippen molar-refractivity contribution in [2.24, 2.45) is 0 Å². The van der Waals surface area contributed by atoms with Crippen molar-refractivity contribution in [1.82, 2.24) is 9.97 Å². The van der Waals surface area contributed by atoms with Gasteiger partial charge in [0.15, 0.2) is 0 Å². The van der Waals surface area contributed by atoms with Gasteiger partial charge in [-0.1, -0.05) is 6.07 Å². The molecule has 108 valence electrons. The van der Waals surface area contributed by atoms with E-state index in [9.17, 15) is 0 Å². The van der Waals surface area contributed by atoms with Crippen LogP contribution in [0, 0.1) is 13.8 Å². The number of nitrogens with one attached hydrogen (secondary N) is 1. The largest absolute Gasteiger partial charge is 0.497 e. The number of rotatable bonds is 4. The second-order valence-corrected chi connectivity index (χ2v) is 5.10. The van der Waals surface area contributed by atoms with Gasteiger partial charge in [-0.3, -0.25) is 0 Å². The third-order valence-electron chi connectivity index (χ3n) is 3.59. The molecular weight excluding hydrogens is 264 g/mol. The average molecular weight is 282 g/mol. The van der Waals surface area contributed by atoms with E-state index in [0.717, 1.165) is 28.4 Å². The van der Waals surface area contributed by atoms with Crippen LogP contribution in [-0.4, -0.2) is 17.1 Å². The topological polar surface area (TPSA) is 47.1 Å². The van der Waals surface area contributed by atoms with E-state index in [0.29, 0.717) is 6.61 Å². The van der Waals surface area contributed by atoms with Gasteiger partial charge in [-0.15, -0.1) is 0 Å². The quantitative estimate of drug-likeness (QED) is 0.792. The van der Waals surface area contributed by atoms with Crippen LogP contribution in [-0.2, 0) is 6.61 Å². The number of hydrogen-bond acceptors (Lipinski definition) is 3. The first-order valence-electron chi connectivity index (χ1n) is 6.88. The molecule has 0 bridgehead atoms. The van der Waals surface area contributed by atoms with E-state index in [1.807, 2.05) is 30.3 Å². The lowest BCUT2D eigenvalue weighted by molar-refractivity contribution is 0.297. The molecule has 0 amide bonds. The van der Waals surface area contributed by atoms with E-state index in [2.05, 4.69) is 29.9 Å². The Labute approximate surface area is 123 Å². The summed E-state index contributed by atoms with van der Waals surface area (Å²) < 4.78 is 11.0. The summed E-state index contributed by atoms with van der Waals surface area (Å²) in [6.45, 7) is 4.58. The molecule has 0 fully saturated rings. The second-order valence-electron chi connectivity index (χ2n) is 5.10. The molecule has 0 aliphatic heterocycles. The lowest BCUT2D eigenvalue weighted by Crippen LogP contribution is -1.97. The molecular formula is C17H18N2O2. The van der Waals surface area contributed by atoms with Crippen LogP contribution in [0.4, 0.5) is 0 Å². The van der Waals surface area contributed by atoms with Crippen LogP contribution < -0.4 is 9.47 Å². The Hall–Kier alpha value is -2.49. The molecule has 0 aliphatic rings. The summed E-state index contributed by atoms with van der Waals surface area (Å²) in [5, 5.41) is 0. The minimum absolute atomic E-state index is 0.416. The highest BCUT2D eigenvalue weighted by Gasteiger charge is 2.05. The van der Waals surface area contributed by atoms with E-state index >= 15 is 0 Å². The number of aromatic amines is 1. The van der Waals surface area contributed by atoms with Crippen molar-refractivity contribution in [2.75, 3.05) is 7.11 Å². The Kier molecular flexibility index (Phi) is 3.52. The molecule has 0 spiro atoms. The standard InChI is InChI=1S/C17H18N2O2/c1-11-4-5-14(8-12(11)2)21-10-17-18-15-7-6-13(20-3)9-16(15)19-17/h4-9H,10H2,1-3H3,(H,18,19). The number of aryl methyl sites for hydroxylation is 2. The number of hydrogen-bond donors (Lipinski definition) is 1. The summed E-state index contributed by atoms with van der Waals surface area (Å²) in [6.07, 6.45) is 0. The molecule has 0 saturated heterocycles. The van der Waals surface area contributed by atoms with Gasteiger partial charge in [-0.05, 0) is 49.2 Å². The van der Waals surface area contributed by atoms with Gasteiger partial charge in [0.25, 0.3) is 0 Å². The summed E-state index contributed by atoms with van der Waals surface area (Å²) in [5.74, 6) is 2.47. The third-order valence-corrected chi connectivity index (χ3v) is 3.59. The molecule has 1 N–H and O–H groups in total. The monoisotopic (exact) mass is 282 g/mol. The molecule has 0 aliphatic carbocycles. The Morgan fingerprint density at radius 1 is 1.00 bits per heavy atom. The van der Waals surface area contributed by atoms with Crippen LogP contribution >= 0.6 is 0 Å². The van der Waals surface area contributed by atoms with Crippen molar-refractivity contribution in [2.45, 2.75) is 20.5 Å². The highest BCUT2D eigenvalue weighted by atomic mass is 16.5. The molecule has 21 heavy (non-hydrogen) atoms. The fourth-order valence-corrected chi connectivity index (χ4v) is 2.19. The Balaban J connectivity index is 1.76. The second kappa shape index (κ2) is 5.48. The molecule has 0 saturated carbocycles. The van der Waals surface area contributed by atoms with Gasteiger partial charge < -0.3 is 14.5 Å². The first-order valence-corrected chi connectivity index (χ1v) is 6.88. The normalized spacial score (nSPS) is 10.8. The third kappa shape index (κ3) is 2.84. The summed E-state index contributed by atoms with van der Waals surface area (Å²) in [5.41, 5.74) is 4.35. The number of H-pyrrole nitrogens is 1. The summed E-state index contributed by atoms with van der Waals surface area (Å²) in [7, 11) is 1.65. The molecule has 1 aromatic heterocycles. The number of ether oxygens (including phenoxy) is 2. The molecule has 3 rings (SSSR count). The van der Waals surface area contributed by atoms with Gasteiger partial charge in [0.05, 0.1) is 18.1 Å². The number of methoxy groups -OCH3 is 1. The minimum Gasteiger partial charge on any atom is -0.497 e. The van der Waals surface area contributed by atoms with Crippen molar-refractivity contribution < 1.29 is 9.47 Å². The maximum Gasteiger partial charge on any atom is 0.146 e. The fourth-order valence-electron chi connectivity index (χ4n) is 2.19. The Morgan fingerprint density at radius 3 is 2.57 bits per heavy atom. The molecule has 1 heterocycles. The van der Waals surface area contributed by atoms with Crippen molar-refractivity contribution in [3.63, 3.8) is 0 Å². The highest BCUT2D eigenvalue weighted by molar-refractivity contribution is 5.76. The molecule has 2 aromatic carbocycles. The number of aromatic nitrogens is 2. The van der Waals surface area contributed by atoms with E-state index in [1.165, 1.54) is 11.1 Å². The van der Waals surface area contributed by atoms with Crippen molar-refractivity contribution >= 4 is 11.0 Å². The van der Waals surface area contributed by atoms with Gasteiger partial charge in [-0.2, -0.15) is 0 Å². The van der Waals surface area contributed by atoms with Crippen molar-refractivity contribution in [3.05, 3.63) is 53.3 Å².